The van der Waals surface area contributed by atoms with Gasteiger partial charge in [-0.25, -0.2) is 0 Å². The molecule has 2 N–H and O–H groups in total. The molecule has 3 rings (SSSR count). The summed E-state index contributed by atoms with van der Waals surface area (Å²) >= 11 is 1.57. The van der Waals surface area contributed by atoms with Crippen molar-refractivity contribution in [2.24, 2.45) is 0 Å². The highest BCUT2D eigenvalue weighted by atomic mass is 32.1. The zero-order valence-electron chi connectivity index (χ0n) is 10.5. The number of carbonyl (C=O) groups excluding carboxylic acids is 1. The van der Waals surface area contributed by atoms with Crippen molar-refractivity contribution in [1.82, 2.24) is 20.5 Å². The Hall–Kier alpha value is -2.47. The van der Waals surface area contributed by atoms with Crippen molar-refractivity contribution in [3.8, 4) is 10.6 Å². The van der Waals surface area contributed by atoms with Crippen LogP contribution in [0.1, 0.15) is 15.9 Å². The van der Waals surface area contributed by atoms with Crippen molar-refractivity contribution in [3.63, 3.8) is 0 Å². The van der Waals surface area contributed by atoms with E-state index in [1.807, 2.05) is 29.6 Å². The normalized spacial score (nSPS) is 10.4. The van der Waals surface area contributed by atoms with Gasteiger partial charge in [-0.15, -0.1) is 11.3 Å². The van der Waals surface area contributed by atoms with Crippen LogP contribution >= 0.6 is 11.3 Å². The molecule has 3 aromatic heterocycles. The number of pyridine rings is 1. The van der Waals surface area contributed by atoms with Crippen molar-refractivity contribution >= 4 is 17.2 Å². The van der Waals surface area contributed by atoms with E-state index in [4.69, 9.17) is 0 Å². The lowest BCUT2D eigenvalue weighted by molar-refractivity contribution is 0.0951. The number of nitrogens with one attached hydrogen (secondary N) is 2. The fourth-order valence-electron chi connectivity index (χ4n) is 1.85. The second-order valence-electron chi connectivity index (χ2n) is 4.17. The summed E-state index contributed by atoms with van der Waals surface area (Å²) in [6.45, 7) is 0.469. The maximum absolute atomic E-state index is 12.2. The van der Waals surface area contributed by atoms with Crippen molar-refractivity contribution in [2.75, 3.05) is 0 Å². The molecule has 0 radical (unpaired) electrons. The van der Waals surface area contributed by atoms with Crippen LogP contribution in [0, 0.1) is 0 Å². The number of amides is 1. The molecule has 0 atom stereocenters. The van der Waals surface area contributed by atoms with Gasteiger partial charge >= 0.3 is 0 Å². The molecule has 0 aromatic carbocycles. The molecule has 0 aliphatic carbocycles. The third kappa shape index (κ3) is 2.60. The van der Waals surface area contributed by atoms with E-state index in [2.05, 4.69) is 20.5 Å². The van der Waals surface area contributed by atoms with E-state index in [0.717, 1.165) is 16.1 Å². The van der Waals surface area contributed by atoms with Crippen molar-refractivity contribution in [2.45, 2.75) is 6.54 Å². The molecule has 0 aliphatic rings. The summed E-state index contributed by atoms with van der Waals surface area (Å²) in [5.74, 6) is -0.140. The summed E-state index contributed by atoms with van der Waals surface area (Å²) < 4.78 is 0. The first-order valence-electron chi connectivity index (χ1n) is 6.09. The molecule has 3 heterocycles. The van der Waals surface area contributed by atoms with E-state index >= 15 is 0 Å². The molecule has 3 aromatic rings. The topological polar surface area (TPSA) is 70.7 Å². The van der Waals surface area contributed by atoms with Crippen molar-refractivity contribution in [3.05, 3.63) is 59.4 Å². The Morgan fingerprint density at radius 1 is 1.30 bits per heavy atom. The van der Waals surface area contributed by atoms with Crippen LogP contribution in [-0.4, -0.2) is 21.1 Å². The molecule has 1 amide bonds. The van der Waals surface area contributed by atoms with Crippen LogP contribution in [0.25, 0.3) is 10.6 Å². The molecule has 0 saturated carbocycles. The minimum atomic E-state index is -0.140. The van der Waals surface area contributed by atoms with E-state index in [1.165, 1.54) is 0 Å². The van der Waals surface area contributed by atoms with E-state index in [-0.39, 0.29) is 5.91 Å². The monoisotopic (exact) mass is 284 g/mol. The summed E-state index contributed by atoms with van der Waals surface area (Å²) in [5, 5.41) is 11.7. The van der Waals surface area contributed by atoms with Crippen LogP contribution in [0.5, 0.6) is 0 Å². The Balaban J connectivity index is 1.74. The number of rotatable bonds is 4. The number of nitrogens with zero attached hydrogens (tertiary/aromatic N) is 2. The highest BCUT2D eigenvalue weighted by Crippen LogP contribution is 2.25. The Morgan fingerprint density at radius 3 is 2.90 bits per heavy atom. The number of aromatic amines is 1. The molecule has 100 valence electrons. The Kier molecular flexibility index (Phi) is 3.56. The largest absolute Gasteiger partial charge is 0.348 e. The minimum Gasteiger partial charge on any atom is -0.348 e. The van der Waals surface area contributed by atoms with Gasteiger partial charge in [0, 0.05) is 18.9 Å². The van der Waals surface area contributed by atoms with E-state index in [1.54, 1.807) is 29.9 Å². The van der Waals surface area contributed by atoms with Gasteiger partial charge in [0.05, 0.1) is 22.3 Å². The number of aromatic nitrogens is 3. The van der Waals surface area contributed by atoms with Crippen LogP contribution in [0.15, 0.2) is 48.2 Å². The third-order valence-corrected chi connectivity index (χ3v) is 3.74. The summed E-state index contributed by atoms with van der Waals surface area (Å²) in [7, 11) is 0. The van der Waals surface area contributed by atoms with Gasteiger partial charge in [-0.2, -0.15) is 5.10 Å². The number of hydrogen-bond donors (Lipinski definition) is 2. The van der Waals surface area contributed by atoms with Crippen LogP contribution in [-0.2, 0) is 6.54 Å². The molecule has 6 heteroatoms. The number of thiophene rings is 1. The number of hydrogen-bond acceptors (Lipinski definition) is 4. The molecule has 0 fully saturated rings. The fraction of sp³-hybridized carbons (Fsp3) is 0.0714. The molecule has 20 heavy (non-hydrogen) atoms. The zero-order valence-corrected chi connectivity index (χ0v) is 11.4. The summed E-state index contributed by atoms with van der Waals surface area (Å²) in [5.41, 5.74) is 2.32. The summed E-state index contributed by atoms with van der Waals surface area (Å²) in [6.07, 6.45) is 4.96. The highest BCUT2D eigenvalue weighted by molar-refractivity contribution is 7.13. The molecule has 0 aliphatic heterocycles. The second kappa shape index (κ2) is 5.66. The van der Waals surface area contributed by atoms with Crippen LogP contribution < -0.4 is 5.32 Å². The average Bonchev–Trinajstić information content (AvgIpc) is 3.15. The van der Waals surface area contributed by atoms with Gasteiger partial charge in [0.15, 0.2) is 0 Å². The van der Waals surface area contributed by atoms with Gasteiger partial charge in [0.2, 0.25) is 0 Å². The standard InChI is InChI=1S/C14H12N4OS/c19-14(16-8-10-3-5-15-6-4-10)11-9-17-18-13(11)12-2-1-7-20-12/h1-7,9H,8H2,(H,16,19)(H,17,18). The SMILES string of the molecule is O=C(NCc1ccncc1)c1cn[nH]c1-c1cccs1. The predicted octanol–water partition coefficient (Wildman–Crippen LogP) is 2.46. The van der Waals surface area contributed by atoms with Crippen LogP contribution in [0.3, 0.4) is 0 Å². The minimum absolute atomic E-state index is 0.140. The second-order valence-corrected chi connectivity index (χ2v) is 5.12. The van der Waals surface area contributed by atoms with E-state index in [0.29, 0.717) is 12.1 Å². The zero-order chi connectivity index (χ0) is 13.8. The Labute approximate surface area is 119 Å². The highest BCUT2D eigenvalue weighted by Gasteiger charge is 2.15. The number of carbonyl (C=O) groups is 1. The molecule has 0 unspecified atom stereocenters. The molecule has 0 saturated heterocycles. The molecule has 5 nitrogen and oxygen atoms in total. The maximum Gasteiger partial charge on any atom is 0.255 e. The first-order chi connectivity index (χ1) is 9.84. The van der Waals surface area contributed by atoms with Gasteiger partial charge in [-0.1, -0.05) is 6.07 Å². The maximum atomic E-state index is 12.2. The van der Waals surface area contributed by atoms with Crippen LogP contribution in [0.2, 0.25) is 0 Å². The smallest absolute Gasteiger partial charge is 0.255 e. The summed E-state index contributed by atoms with van der Waals surface area (Å²) in [4.78, 5) is 17.2. The molecule has 0 spiro atoms. The summed E-state index contributed by atoms with van der Waals surface area (Å²) in [6, 6.07) is 7.64. The first-order valence-corrected chi connectivity index (χ1v) is 6.97. The van der Waals surface area contributed by atoms with E-state index in [9.17, 15) is 4.79 Å². The quantitative estimate of drug-likeness (QED) is 0.773. The van der Waals surface area contributed by atoms with Gasteiger partial charge < -0.3 is 5.32 Å². The van der Waals surface area contributed by atoms with E-state index < -0.39 is 0 Å². The van der Waals surface area contributed by atoms with Crippen LogP contribution in [0.4, 0.5) is 0 Å². The molecule has 0 bridgehead atoms. The Bertz CT molecular complexity index is 691. The van der Waals surface area contributed by atoms with Crippen molar-refractivity contribution in [1.29, 1.82) is 0 Å². The molecular weight excluding hydrogens is 272 g/mol. The lowest BCUT2D eigenvalue weighted by atomic mass is 10.2. The lowest BCUT2D eigenvalue weighted by Crippen LogP contribution is -2.22. The third-order valence-electron chi connectivity index (χ3n) is 2.85. The van der Waals surface area contributed by atoms with Gasteiger partial charge in [-0.3, -0.25) is 14.9 Å². The van der Waals surface area contributed by atoms with Gasteiger partial charge in [0.1, 0.15) is 0 Å². The predicted molar refractivity (Wildman–Crippen MR) is 77.3 cm³/mol. The number of H-pyrrole nitrogens is 1. The van der Waals surface area contributed by atoms with Gasteiger partial charge in [-0.05, 0) is 29.1 Å². The Morgan fingerprint density at radius 2 is 2.15 bits per heavy atom. The van der Waals surface area contributed by atoms with Gasteiger partial charge in [0.25, 0.3) is 5.91 Å². The average molecular weight is 284 g/mol. The lowest BCUT2D eigenvalue weighted by Gasteiger charge is -2.04. The fourth-order valence-corrected chi connectivity index (χ4v) is 2.58. The first kappa shape index (κ1) is 12.6. The molecular formula is C14H12N4OS. The van der Waals surface area contributed by atoms with Crippen molar-refractivity contribution < 1.29 is 4.79 Å².